The average molecular weight is 455 g/mol. The standard InChI is InChI=1S/C25H24F3N3O2/c1-14-20(23(33)31-16-8-6-7-15(11-16)25(26,27)28)22(17-9-4-5-10-29-17)21-18(30-14)12-24(2,3)13-19(21)32/h4-11,22,30H,12-13H2,1-3H3,(H,31,33)/t22-/m1/s1. The lowest BCUT2D eigenvalue weighted by molar-refractivity contribution is -0.137. The molecular formula is C25H24F3N3O2. The van der Waals surface area contributed by atoms with E-state index in [-0.39, 0.29) is 22.5 Å². The highest BCUT2D eigenvalue weighted by molar-refractivity contribution is 6.09. The van der Waals surface area contributed by atoms with Gasteiger partial charge in [0.2, 0.25) is 0 Å². The van der Waals surface area contributed by atoms with E-state index in [0.717, 1.165) is 17.8 Å². The molecule has 1 aromatic carbocycles. The van der Waals surface area contributed by atoms with Gasteiger partial charge in [0.05, 0.1) is 17.2 Å². The lowest BCUT2D eigenvalue weighted by atomic mass is 9.69. The fraction of sp³-hybridized carbons (Fsp3) is 0.320. The molecule has 2 aromatic rings. The van der Waals surface area contributed by atoms with Crippen molar-refractivity contribution in [3.05, 3.63) is 82.5 Å². The highest BCUT2D eigenvalue weighted by Gasteiger charge is 2.43. The molecule has 172 valence electrons. The molecule has 33 heavy (non-hydrogen) atoms. The van der Waals surface area contributed by atoms with Gasteiger partial charge in [-0.15, -0.1) is 0 Å². The highest BCUT2D eigenvalue weighted by Crippen LogP contribution is 2.46. The van der Waals surface area contributed by atoms with Crippen molar-refractivity contribution in [3.63, 3.8) is 0 Å². The molecule has 1 atom stereocenters. The van der Waals surface area contributed by atoms with E-state index in [9.17, 15) is 22.8 Å². The first kappa shape index (κ1) is 22.8. The van der Waals surface area contributed by atoms with Gasteiger partial charge >= 0.3 is 6.18 Å². The number of dihydropyridines is 1. The molecule has 4 rings (SSSR count). The Morgan fingerprint density at radius 1 is 1.15 bits per heavy atom. The van der Waals surface area contributed by atoms with Crippen LogP contribution in [0.5, 0.6) is 0 Å². The van der Waals surface area contributed by atoms with Crippen LogP contribution < -0.4 is 10.6 Å². The first-order valence-electron chi connectivity index (χ1n) is 10.6. The predicted octanol–water partition coefficient (Wildman–Crippen LogP) is 5.34. The van der Waals surface area contributed by atoms with Crippen LogP contribution in [0.4, 0.5) is 18.9 Å². The van der Waals surface area contributed by atoms with Gasteiger partial charge in [0.1, 0.15) is 0 Å². The summed E-state index contributed by atoms with van der Waals surface area (Å²) in [7, 11) is 0. The van der Waals surface area contributed by atoms with Crippen molar-refractivity contribution in [1.82, 2.24) is 10.3 Å². The fourth-order valence-electron chi connectivity index (χ4n) is 4.55. The Morgan fingerprint density at radius 3 is 2.58 bits per heavy atom. The second-order valence-corrected chi connectivity index (χ2v) is 9.22. The van der Waals surface area contributed by atoms with Crippen LogP contribution in [0.15, 0.2) is 71.2 Å². The predicted molar refractivity (Wildman–Crippen MR) is 118 cm³/mol. The number of alkyl halides is 3. The molecule has 0 saturated heterocycles. The number of allylic oxidation sites excluding steroid dienone is 3. The number of aromatic nitrogens is 1. The average Bonchev–Trinajstić information content (AvgIpc) is 2.72. The van der Waals surface area contributed by atoms with Gasteiger partial charge < -0.3 is 10.6 Å². The van der Waals surface area contributed by atoms with Gasteiger partial charge in [-0.05, 0) is 49.1 Å². The molecule has 0 spiro atoms. The second kappa shape index (κ2) is 8.17. The number of benzene rings is 1. The Morgan fingerprint density at radius 2 is 1.91 bits per heavy atom. The third-order valence-corrected chi connectivity index (χ3v) is 5.92. The van der Waals surface area contributed by atoms with E-state index in [1.807, 2.05) is 13.8 Å². The Kier molecular flexibility index (Phi) is 5.64. The molecule has 8 heteroatoms. The number of nitrogens with one attached hydrogen (secondary N) is 2. The molecule has 1 aromatic heterocycles. The van der Waals surface area contributed by atoms with E-state index in [4.69, 9.17) is 0 Å². The Bertz CT molecular complexity index is 1180. The summed E-state index contributed by atoms with van der Waals surface area (Å²) in [6, 6.07) is 9.73. The third kappa shape index (κ3) is 4.55. The van der Waals surface area contributed by atoms with Gasteiger partial charge in [0.25, 0.3) is 5.91 Å². The SMILES string of the molecule is CC1=C(C(=O)Nc2cccc(C(F)(F)F)c2)[C@@H](c2ccccn2)C2=C(CC(C)(C)CC2=O)N1. The molecule has 1 amide bonds. The van der Waals surface area contributed by atoms with Crippen molar-refractivity contribution in [2.24, 2.45) is 5.41 Å². The molecule has 2 heterocycles. The quantitative estimate of drug-likeness (QED) is 0.655. The van der Waals surface area contributed by atoms with Gasteiger partial charge in [-0.3, -0.25) is 14.6 Å². The summed E-state index contributed by atoms with van der Waals surface area (Å²) in [5, 5.41) is 5.81. The van der Waals surface area contributed by atoms with Gasteiger partial charge in [0, 0.05) is 40.8 Å². The lowest BCUT2D eigenvalue weighted by Crippen LogP contribution is -2.39. The number of carbonyl (C=O) groups excluding carboxylic acids is 2. The molecule has 0 unspecified atom stereocenters. The minimum absolute atomic E-state index is 0.0192. The molecule has 0 fully saturated rings. The zero-order valence-corrected chi connectivity index (χ0v) is 18.5. The second-order valence-electron chi connectivity index (χ2n) is 9.22. The normalized spacial score (nSPS) is 20.3. The van der Waals surface area contributed by atoms with Crippen LogP contribution in [0.3, 0.4) is 0 Å². The molecule has 0 radical (unpaired) electrons. The topological polar surface area (TPSA) is 71.1 Å². The van der Waals surface area contributed by atoms with Crippen molar-refractivity contribution in [3.8, 4) is 0 Å². The zero-order chi connectivity index (χ0) is 24.0. The van der Waals surface area contributed by atoms with E-state index in [1.165, 1.54) is 12.1 Å². The maximum absolute atomic E-state index is 13.4. The summed E-state index contributed by atoms with van der Waals surface area (Å²) in [5.74, 6) is -1.36. The van der Waals surface area contributed by atoms with Crippen molar-refractivity contribution >= 4 is 17.4 Å². The minimum atomic E-state index is -4.53. The Balaban J connectivity index is 1.76. The van der Waals surface area contributed by atoms with Crippen LogP contribution in [-0.4, -0.2) is 16.7 Å². The van der Waals surface area contributed by atoms with E-state index in [1.54, 1.807) is 31.3 Å². The van der Waals surface area contributed by atoms with Gasteiger partial charge in [-0.1, -0.05) is 26.0 Å². The number of ketones is 1. The third-order valence-electron chi connectivity index (χ3n) is 5.92. The van der Waals surface area contributed by atoms with Gasteiger partial charge in [-0.25, -0.2) is 0 Å². The molecule has 2 aliphatic rings. The van der Waals surface area contributed by atoms with Crippen molar-refractivity contribution < 1.29 is 22.8 Å². The minimum Gasteiger partial charge on any atom is -0.362 e. The Labute approximate surface area is 189 Å². The molecular weight excluding hydrogens is 431 g/mol. The number of hydrogen-bond donors (Lipinski definition) is 2. The molecule has 1 aliphatic carbocycles. The van der Waals surface area contributed by atoms with Crippen LogP contribution in [0.2, 0.25) is 0 Å². The van der Waals surface area contributed by atoms with E-state index < -0.39 is 23.6 Å². The lowest BCUT2D eigenvalue weighted by Gasteiger charge is -2.39. The van der Waals surface area contributed by atoms with Crippen LogP contribution in [0.25, 0.3) is 0 Å². The smallest absolute Gasteiger partial charge is 0.362 e. The van der Waals surface area contributed by atoms with Crippen molar-refractivity contribution in [2.45, 2.75) is 45.7 Å². The summed E-state index contributed by atoms with van der Waals surface area (Å²) >= 11 is 0. The van der Waals surface area contributed by atoms with Gasteiger partial charge in [-0.2, -0.15) is 13.2 Å². The highest BCUT2D eigenvalue weighted by atomic mass is 19.4. The number of carbonyl (C=O) groups is 2. The summed E-state index contributed by atoms with van der Waals surface area (Å²) in [6.07, 6.45) is -1.97. The molecule has 0 bridgehead atoms. The summed E-state index contributed by atoms with van der Waals surface area (Å²) < 4.78 is 39.3. The maximum Gasteiger partial charge on any atom is 0.416 e. The molecule has 2 N–H and O–H groups in total. The fourth-order valence-corrected chi connectivity index (χ4v) is 4.55. The molecule has 5 nitrogen and oxygen atoms in total. The zero-order valence-electron chi connectivity index (χ0n) is 18.5. The maximum atomic E-state index is 13.4. The Hall–Kier alpha value is -3.42. The van der Waals surface area contributed by atoms with E-state index in [0.29, 0.717) is 29.8 Å². The van der Waals surface area contributed by atoms with Crippen LogP contribution in [-0.2, 0) is 15.8 Å². The number of nitrogens with zero attached hydrogens (tertiary/aromatic N) is 1. The number of pyridine rings is 1. The van der Waals surface area contributed by atoms with Crippen LogP contribution >= 0.6 is 0 Å². The van der Waals surface area contributed by atoms with Crippen LogP contribution in [0.1, 0.15) is 50.8 Å². The van der Waals surface area contributed by atoms with E-state index >= 15 is 0 Å². The number of rotatable bonds is 3. The van der Waals surface area contributed by atoms with Crippen molar-refractivity contribution in [1.29, 1.82) is 0 Å². The van der Waals surface area contributed by atoms with Gasteiger partial charge in [0.15, 0.2) is 5.78 Å². The number of anilines is 1. The first-order valence-corrected chi connectivity index (χ1v) is 10.6. The molecule has 0 saturated carbocycles. The number of amides is 1. The van der Waals surface area contributed by atoms with Crippen LogP contribution in [0, 0.1) is 5.41 Å². The number of hydrogen-bond acceptors (Lipinski definition) is 4. The number of halogens is 3. The number of Topliss-reactive ketones (excluding diaryl/α,β-unsaturated/α-hetero) is 1. The summed E-state index contributed by atoms with van der Waals surface area (Å²) in [6.45, 7) is 5.76. The molecule has 1 aliphatic heterocycles. The van der Waals surface area contributed by atoms with Crippen molar-refractivity contribution in [2.75, 3.05) is 5.32 Å². The largest absolute Gasteiger partial charge is 0.416 e. The first-order chi connectivity index (χ1) is 15.5. The monoisotopic (exact) mass is 455 g/mol. The summed E-state index contributed by atoms with van der Waals surface area (Å²) in [4.78, 5) is 31.0. The summed E-state index contributed by atoms with van der Waals surface area (Å²) in [5.41, 5.74) is 1.53. The van der Waals surface area contributed by atoms with E-state index in [2.05, 4.69) is 15.6 Å².